The molecule has 0 saturated heterocycles. The third-order valence-corrected chi connectivity index (χ3v) is 4.33. The highest BCUT2D eigenvalue weighted by molar-refractivity contribution is 5.14. The van der Waals surface area contributed by atoms with Crippen molar-refractivity contribution in [3.63, 3.8) is 0 Å². The van der Waals surface area contributed by atoms with Crippen molar-refractivity contribution < 1.29 is 4.74 Å². The molecule has 0 spiro atoms. The van der Waals surface area contributed by atoms with Gasteiger partial charge in [-0.15, -0.1) is 0 Å². The van der Waals surface area contributed by atoms with E-state index in [9.17, 15) is 5.26 Å². The molecule has 3 heteroatoms. The van der Waals surface area contributed by atoms with Gasteiger partial charge in [-0.2, -0.15) is 5.26 Å². The fourth-order valence-corrected chi connectivity index (χ4v) is 2.89. The summed E-state index contributed by atoms with van der Waals surface area (Å²) < 4.78 is 5.84. The second-order valence-electron chi connectivity index (χ2n) is 5.63. The van der Waals surface area contributed by atoms with Crippen LogP contribution in [0.5, 0.6) is 0 Å². The average molecular weight is 236 g/mol. The molecule has 96 valence electrons. The van der Waals surface area contributed by atoms with Gasteiger partial charge >= 0.3 is 0 Å². The lowest BCUT2D eigenvalue weighted by Gasteiger charge is -2.28. The first-order valence-electron chi connectivity index (χ1n) is 6.98. The largest absolute Gasteiger partial charge is 0.378 e. The van der Waals surface area contributed by atoms with E-state index in [2.05, 4.69) is 11.4 Å². The van der Waals surface area contributed by atoms with Crippen LogP contribution < -0.4 is 5.32 Å². The van der Waals surface area contributed by atoms with Crippen molar-refractivity contribution in [3.8, 4) is 6.07 Å². The Bertz CT molecular complexity index is 276. The van der Waals surface area contributed by atoms with Gasteiger partial charge in [-0.25, -0.2) is 0 Å². The molecular formula is C14H24N2O. The van der Waals surface area contributed by atoms with E-state index < -0.39 is 5.54 Å². The van der Waals surface area contributed by atoms with E-state index in [0.717, 1.165) is 12.5 Å². The van der Waals surface area contributed by atoms with Crippen LogP contribution in [0.25, 0.3) is 0 Å². The van der Waals surface area contributed by atoms with Crippen LogP contribution in [0.3, 0.4) is 0 Å². The van der Waals surface area contributed by atoms with Crippen LogP contribution in [-0.2, 0) is 4.74 Å². The van der Waals surface area contributed by atoms with Crippen LogP contribution in [0.1, 0.15) is 44.9 Å². The highest BCUT2D eigenvalue weighted by Gasteiger charge is 2.45. The molecule has 0 aromatic heterocycles. The maximum absolute atomic E-state index is 9.33. The van der Waals surface area contributed by atoms with Gasteiger partial charge in [0.2, 0.25) is 0 Å². The standard InChI is InChI=1S/C14H24N2O/c1-16-14(10-15,13-7-8-13)11-17-9-12-5-3-2-4-6-12/h12-13,16H,2-9,11H2,1H3. The second kappa shape index (κ2) is 5.84. The molecule has 1 N–H and O–H groups in total. The van der Waals surface area contributed by atoms with Gasteiger partial charge in [0.15, 0.2) is 0 Å². The minimum atomic E-state index is -0.422. The number of ether oxygens (including phenoxy) is 1. The smallest absolute Gasteiger partial charge is 0.132 e. The lowest BCUT2D eigenvalue weighted by atomic mass is 9.90. The van der Waals surface area contributed by atoms with E-state index in [1.54, 1.807) is 0 Å². The van der Waals surface area contributed by atoms with E-state index in [1.165, 1.54) is 44.9 Å². The van der Waals surface area contributed by atoms with E-state index in [1.807, 2.05) is 7.05 Å². The molecule has 0 aliphatic heterocycles. The van der Waals surface area contributed by atoms with E-state index >= 15 is 0 Å². The lowest BCUT2D eigenvalue weighted by molar-refractivity contribution is 0.0496. The Kier molecular flexibility index (Phi) is 4.42. The molecule has 0 bridgehead atoms. The van der Waals surface area contributed by atoms with Gasteiger partial charge in [0.05, 0.1) is 12.7 Å². The predicted molar refractivity (Wildman–Crippen MR) is 67.5 cm³/mol. The maximum Gasteiger partial charge on any atom is 0.132 e. The molecule has 0 aromatic carbocycles. The molecule has 0 aromatic rings. The Morgan fingerprint density at radius 2 is 1.94 bits per heavy atom. The van der Waals surface area contributed by atoms with Crippen LogP contribution in [0, 0.1) is 23.2 Å². The third kappa shape index (κ3) is 3.20. The summed E-state index contributed by atoms with van der Waals surface area (Å²) in [7, 11) is 1.88. The average Bonchev–Trinajstić information content (AvgIpc) is 3.21. The number of hydrogen-bond acceptors (Lipinski definition) is 3. The molecule has 2 aliphatic rings. The Balaban J connectivity index is 1.74. The number of likely N-dealkylation sites (N-methyl/N-ethyl adjacent to an activating group) is 1. The summed E-state index contributed by atoms with van der Waals surface area (Å²) in [5, 5.41) is 12.5. The first kappa shape index (κ1) is 12.9. The van der Waals surface area contributed by atoms with Gasteiger partial charge in [-0.3, -0.25) is 0 Å². The Morgan fingerprint density at radius 3 is 2.47 bits per heavy atom. The van der Waals surface area contributed by atoms with Gasteiger partial charge in [-0.1, -0.05) is 19.3 Å². The van der Waals surface area contributed by atoms with Gasteiger partial charge in [-0.05, 0) is 44.6 Å². The fourth-order valence-electron chi connectivity index (χ4n) is 2.89. The highest BCUT2D eigenvalue weighted by atomic mass is 16.5. The van der Waals surface area contributed by atoms with Gasteiger partial charge in [0, 0.05) is 6.61 Å². The molecule has 17 heavy (non-hydrogen) atoms. The topological polar surface area (TPSA) is 45.0 Å². The molecule has 2 saturated carbocycles. The van der Waals surface area contributed by atoms with Crippen LogP contribution in [-0.4, -0.2) is 25.8 Å². The molecule has 3 nitrogen and oxygen atoms in total. The first-order chi connectivity index (χ1) is 8.30. The normalized spacial score (nSPS) is 25.2. The minimum absolute atomic E-state index is 0.422. The van der Waals surface area contributed by atoms with Crippen LogP contribution in [0.4, 0.5) is 0 Å². The predicted octanol–water partition coefficient (Wildman–Crippen LogP) is 2.48. The highest BCUT2D eigenvalue weighted by Crippen LogP contribution is 2.39. The fraction of sp³-hybridized carbons (Fsp3) is 0.929. The molecule has 0 heterocycles. The van der Waals surface area contributed by atoms with Crippen LogP contribution >= 0.6 is 0 Å². The van der Waals surface area contributed by atoms with Crippen molar-refractivity contribution >= 4 is 0 Å². The van der Waals surface area contributed by atoms with Gasteiger partial charge < -0.3 is 10.1 Å². The van der Waals surface area contributed by atoms with Crippen molar-refractivity contribution in [2.24, 2.45) is 11.8 Å². The van der Waals surface area contributed by atoms with Crippen LogP contribution in [0.2, 0.25) is 0 Å². The molecule has 2 fully saturated rings. The summed E-state index contributed by atoms with van der Waals surface area (Å²) in [4.78, 5) is 0. The summed E-state index contributed by atoms with van der Waals surface area (Å²) in [5.41, 5.74) is -0.422. The molecule has 1 atom stereocenters. The molecule has 0 radical (unpaired) electrons. The molecule has 2 rings (SSSR count). The summed E-state index contributed by atoms with van der Waals surface area (Å²) in [6.45, 7) is 1.40. The summed E-state index contributed by atoms with van der Waals surface area (Å²) in [5.74, 6) is 1.24. The Hall–Kier alpha value is -0.590. The lowest BCUT2D eigenvalue weighted by Crippen LogP contribution is -2.48. The number of nitrogens with one attached hydrogen (secondary N) is 1. The minimum Gasteiger partial charge on any atom is -0.378 e. The number of nitrogens with zero attached hydrogens (tertiary/aromatic N) is 1. The van der Waals surface area contributed by atoms with Gasteiger partial charge in [0.25, 0.3) is 0 Å². The Labute approximate surface area is 105 Å². The molecule has 1 unspecified atom stereocenters. The number of nitriles is 1. The van der Waals surface area contributed by atoms with Crippen molar-refractivity contribution in [1.29, 1.82) is 5.26 Å². The van der Waals surface area contributed by atoms with Crippen molar-refractivity contribution in [2.75, 3.05) is 20.3 Å². The summed E-state index contributed by atoms with van der Waals surface area (Å²) in [6, 6.07) is 2.43. The van der Waals surface area contributed by atoms with Crippen LogP contribution in [0.15, 0.2) is 0 Å². The zero-order valence-corrected chi connectivity index (χ0v) is 10.9. The zero-order chi connectivity index (χ0) is 12.1. The number of rotatable bonds is 6. The number of hydrogen-bond donors (Lipinski definition) is 1. The second-order valence-corrected chi connectivity index (χ2v) is 5.63. The van der Waals surface area contributed by atoms with Crippen molar-refractivity contribution in [1.82, 2.24) is 5.32 Å². The van der Waals surface area contributed by atoms with Gasteiger partial charge in [0.1, 0.15) is 5.54 Å². The SMILES string of the molecule is CNC(C#N)(COCC1CCCCC1)C1CC1. The molecule has 2 aliphatic carbocycles. The Morgan fingerprint density at radius 1 is 1.24 bits per heavy atom. The first-order valence-corrected chi connectivity index (χ1v) is 6.98. The zero-order valence-electron chi connectivity index (χ0n) is 10.9. The monoisotopic (exact) mass is 236 g/mol. The summed E-state index contributed by atoms with van der Waals surface area (Å²) >= 11 is 0. The van der Waals surface area contributed by atoms with Crippen molar-refractivity contribution in [2.45, 2.75) is 50.5 Å². The molecular weight excluding hydrogens is 212 g/mol. The van der Waals surface area contributed by atoms with Crippen molar-refractivity contribution in [3.05, 3.63) is 0 Å². The van der Waals surface area contributed by atoms with E-state index in [0.29, 0.717) is 12.5 Å². The quantitative estimate of drug-likeness (QED) is 0.770. The molecule has 0 amide bonds. The maximum atomic E-state index is 9.33. The third-order valence-electron chi connectivity index (χ3n) is 4.33. The van der Waals surface area contributed by atoms with E-state index in [-0.39, 0.29) is 0 Å². The summed E-state index contributed by atoms with van der Waals surface area (Å²) in [6.07, 6.45) is 9.04. The van der Waals surface area contributed by atoms with E-state index in [4.69, 9.17) is 4.74 Å².